The van der Waals surface area contributed by atoms with Crippen LogP contribution in [0.5, 0.6) is 0 Å². The van der Waals surface area contributed by atoms with E-state index in [2.05, 4.69) is 25.2 Å². The van der Waals surface area contributed by atoms with Crippen LogP contribution in [0, 0.1) is 0 Å². The molecule has 5 rings (SSSR count). The first-order valence-electron chi connectivity index (χ1n) is 12.4. The van der Waals surface area contributed by atoms with E-state index in [9.17, 15) is 14.4 Å². The van der Waals surface area contributed by atoms with Gasteiger partial charge in [0.05, 0.1) is 28.9 Å². The van der Waals surface area contributed by atoms with E-state index in [1.807, 2.05) is 30.1 Å². The van der Waals surface area contributed by atoms with Crippen molar-refractivity contribution in [2.75, 3.05) is 45.2 Å². The highest BCUT2D eigenvalue weighted by atomic mass is 16.5. The highest BCUT2D eigenvalue weighted by Crippen LogP contribution is 2.33. The number of aromatic nitrogens is 4. The van der Waals surface area contributed by atoms with Crippen LogP contribution in [0.3, 0.4) is 0 Å². The van der Waals surface area contributed by atoms with Gasteiger partial charge in [-0.25, -0.2) is 9.78 Å². The molecule has 0 spiro atoms. The number of nitrogens with one attached hydrogen (secondary N) is 2. The number of aromatic amines is 1. The normalized spacial score (nSPS) is 13.7. The third-order valence-corrected chi connectivity index (χ3v) is 6.60. The highest BCUT2D eigenvalue weighted by Gasteiger charge is 2.21. The van der Waals surface area contributed by atoms with E-state index in [0.29, 0.717) is 40.9 Å². The van der Waals surface area contributed by atoms with Gasteiger partial charge >= 0.3 is 6.09 Å². The molecule has 204 valence electrons. The molecule has 0 radical (unpaired) electrons. The molecule has 0 atom stereocenters. The van der Waals surface area contributed by atoms with Crippen LogP contribution in [0.1, 0.15) is 24.7 Å². The quantitative estimate of drug-likeness (QED) is 0.403. The van der Waals surface area contributed by atoms with Crippen molar-refractivity contribution in [2.45, 2.75) is 14.4 Å². The van der Waals surface area contributed by atoms with Crippen LogP contribution in [-0.2, 0) is 11.8 Å². The SMILES string of the molecule is C.CCOC(=O)Nc1nc2c(-c3ccc(C(=O)N4CCN(C)CC4)cn3)cc(-c3ccn(C)c(=O)c3)cc2[nH]1. The molecule has 39 heavy (non-hydrogen) atoms. The van der Waals surface area contributed by atoms with Crippen molar-refractivity contribution >= 4 is 29.0 Å². The number of hydrogen-bond donors (Lipinski definition) is 2. The molecule has 1 aromatic carbocycles. The number of H-pyrrole nitrogens is 1. The van der Waals surface area contributed by atoms with Crippen LogP contribution >= 0.6 is 0 Å². The summed E-state index contributed by atoms with van der Waals surface area (Å²) in [4.78, 5) is 53.6. The Morgan fingerprint density at radius 3 is 2.49 bits per heavy atom. The minimum absolute atomic E-state index is 0. The fraction of sp³-hybridized carbons (Fsp3) is 0.321. The molecule has 1 fully saturated rings. The summed E-state index contributed by atoms with van der Waals surface area (Å²) < 4.78 is 6.47. The number of imidazole rings is 1. The average molecular weight is 532 g/mol. The largest absolute Gasteiger partial charge is 0.450 e. The van der Waals surface area contributed by atoms with Crippen molar-refractivity contribution in [3.63, 3.8) is 0 Å². The Hall–Kier alpha value is -4.51. The topological polar surface area (TPSA) is 125 Å². The number of fused-ring (bicyclic) bond motifs is 1. The number of carbonyl (C=O) groups is 2. The van der Waals surface area contributed by atoms with E-state index in [4.69, 9.17) is 4.74 Å². The molecule has 0 aliphatic carbocycles. The number of nitrogens with zero attached hydrogens (tertiary/aromatic N) is 5. The number of amides is 2. The Bertz CT molecular complexity index is 1550. The molecule has 2 amide bonds. The number of pyridine rings is 2. The molecule has 4 aromatic rings. The minimum Gasteiger partial charge on any atom is -0.450 e. The summed E-state index contributed by atoms with van der Waals surface area (Å²) >= 11 is 0. The second-order valence-corrected chi connectivity index (χ2v) is 9.24. The van der Waals surface area contributed by atoms with E-state index < -0.39 is 6.09 Å². The second kappa shape index (κ2) is 11.5. The van der Waals surface area contributed by atoms with Crippen molar-refractivity contribution in [2.24, 2.45) is 7.05 Å². The van der Waals surface area contributed by atoms with Gasteiger partial charge in [-0.2, -0.15) is 0 Å². The van der Waals surface area contributed by atoms with Gasteiger partial charge in [-0.15, -0.1) is 0 Å². The summed E-state index contributed by atoms with van der Waals surface area (Å²) in [5, 5.41) is 2.60. The van der Waals surface area contributed by atoms with E-state index in [0.717, 1.165) is 24.2 Å². The number of ether oxygens (including phenoxy) is 1. The molecule has 11 heteroatoms. The van der Waals surface area contributed by atoms with Crippen molar-refractivity contribution < 1.29 is 14.3 Å². The summed E-state index contributed by atoms with van der Waals surface area (Å²) in [5.74, 6) is 0.180. The third-order valence-electron chi connectivity index (χ3n) is 6.60. The van der Waals surface area contributed by atoms with E-state index >= 15 is 0 Å². The van der Waals surface area contributed by atoms with Gasteiger partial charge in [-0.1, -0.05) is 7.43 Å². The molecule has 1 aliphatic rings. The second-order valence-electron chi connectivity index (χ2n) is 9.24. The number of hydrogen-bond acceptors (Lipinski definition) is 7. The van der Waals surface area contributed by atoms with Crippen LogP contribution < -0.4 is 10.9 Å². The number of benzene rings is 1. The maximum Gasteiger partial charge on any atom is 0.413 e. The Balaban J connectivity index is 0.00000353. The molecule has 1 aliphatic heterocycles. The van der Waals surface area contributed by atoms with Gasteiger partial charge in [-0.3, -0.25) is 19.9 Å². The summed E-state index contributed by atoms with van der Waals surface area (Å²) in [7, 11) is 3.74. The molecule has 3 aromatic heterocycles. The molecular formula is C28H33N7O4. The van der Waals surface area contributed by atoms with Crippen LogP contribution in [0.2, 0.25) is 0 Å². The Morgan fingerprint density at radius 1 is 1.05 bits per heavy atom. The van der Waals surface area contributed by atoms with Crippen molar-refractivity contribution in [1.29, 1.82) is 0 Å². The minimum atomic E-state index is -0.621. The van der Waals surface area contributed by atoms with E-state index in [1.54, 1.807) is 44.6 Å². The predicted molar refractivity (Wildman–Crippen MR) is 151 cm³/mol. The summed E-state index contributed by atoms with van der Waals surface area (Å²) in [5.41, 5.74) is 4.39. The van der Waals surface area contributed by atoms with Gasteiger partial charge in [0, 0.05) is 57.3 Å². The Morgan fingerprint density at radius 2 is 1.82 bits per heavy atom. The van der Waals surface area contributed by atoms with Crippen LogP contribution in [0.25, 0.3) is 33.4 Å². The molecule has 0 bridgehead atoms. The first-order chi connectivity index (χ1) is 18.3. The number of carbonyl (C=O) groups excluding carboxylic acids is 2. The fourth-order valence-electron chi connectivity index (χ4n) is 4.40. The van der Waals surface area contributed by atoms with Gasteiger partial charge < -0.3 is 24.1 Å². The predicted octanol–water partition coefficient (Wildman–Crippen LogP) is 3.58. The van der Waals surface area contributed by atoms with Gasteiger partial charge in [0.15, 0.2) is 0 Å². The zero-order chi connectivity index (χ0) is 26.8. The first kappa shape index (κ1) is 27.5. The fourth-order valence-corrected chi connectivity index (χ4v) is 4.40. The van der Waals surface area contributed by atoms with Gasteiger partial charge in [-0.05, 0) is 55.4 Å². The number of likely N-dealkylation sites (N-methyl/N-ethyl adjacent to an activating group) is 1. The van der Waals surface area contributed by atoms with Gasteiger partial charge in [0.2, 0.25) is 5.95 Å². The maximum atomic E-state index is 13.0. The standard InChI is InChI=1S/C27H29N7O4.CH4/c1-4-38-27(37)31-26-29-22-14-19(17-7-8-33(3)23(35)15-17)13-20(24(22)30-26)21-6-5-18(16-28-21)25(36)34-11-9-32(2)10-12-34;/h5-8,13-16H,4,9-12H2,1-3H3,(H2,29,30,31,37);1H4. The third kappa shape index (κ3) is 5.83. The molecule has 11 nitrogen and oxygen atoms in total. The molecule has 4 heterocycles. The first-order valence-corrected chi connectivity index (χ1v) is 12.4. The Kier molecular flexibility index (Phi) is 8.10. The average Bonchev–Trinajstić information content (AvgIpc) is 3.32. The van der Waals surface area contributed by atoms with E-state index in [-0.39, 0.29) is 31.4 Å². The number of anilines is 1. The zero-order valence-corrected chi connectivity index (χ0v) is 21.5. The summed E-state index contributed by atoms with van der Waals surface area (Å²) in [6.07, 6.45) is 2.67. The van der Waals surface area contributed by atoms with Gasteiger partial charge in [0.1, 0.15) is 0 Å². The highest BCUT2D eigenvalue weighted by molar-refractivity contribution is 5.98. The molecule has 0 saturated carbocycles. The van der Waals surface area contributed by atoms with Gasteiger partial charge in [0.25, 0.3) is 11.5 Å². The lowest BCUT2D eigenvalue weighted by Gasteiger charge is -2.32. The number of rotatable bonds is 5. The van der Waals surface area contributed by atoms with Crippen molar-refractivity contribution in [3.05, 3.63) is 64.7 Å². The number of piperazine rings is 1. The van der Waals surface area contributed by atoms with Crippen LogP contribution in [0.15, 0.2) is 53.6 Å². The monoisotopic (exact) mass is 531 g/mol. The van der Waals surface area contributed by atoms with Crippen LogP contribution in [-0.4, -0.2) is 81.2 Å². The number of aryl methyl sites for hydroxylation is 1. The lowest BCUT2D eigenvalue weighted by atomic mass is 10.00. The van der Waals surface area contributed by atoms with E-state index in [1.165, 1.54) is 4.57 Å². The van der Waals surface area contributed by atoms with Crippen molar-refractivity contribution in [1.82, 2.24) is 29.3 Å². The van der Waals surface area contributed by atoms with Crippen LogP contribution in [0.4, 0.5) is 10.7 Å². The molecular weight excluding hydrogens is 498 g/mol. The van der Waals surface area contributed by atoms with Crippen molar-refractivity contribution in [3.8, 4) is 22.4 Å². The lowest BCUT2D eigenvalue weighted by Crippen LogP contribution is -2.47. The maximum absolute atomic E-state index is 13.0. The summed E-state index contributed by atoms with van der Waals surface area (Å²) in [6, 6.07) is 10.7. The molecule has 2 N–H and O–H groups in total. The molecule has 1 saturated heterocycles. The lowest BCUT2D eigenvalue weighted by molar-refractivity contribution is 0.0663. The smallest absolute Gasteiger partial charge is 0.413 e. The molecule has 0 unspecified atom stereocenters. The zero-order valence-electron chi connectivity index (χ0n) is 21.5. The summed E-state index contributed by atoms with van der Waals surface area (Å²) in [6.45, 7) is 4.99. The Labute approximate surface area is 226 Å².